The summed E-state index contributed by atoms with van der Waals surface area (Å²) in [6.07, 6.45) is 1.52. The SMILES string of the molecule is Cc1cccc(C(=O)N[C@@H]([NH2+]C[C@@H]2CCCO2)C(Cl)(Cl)Cl)c1. The Morgan fingerprint density at radius 2 is 2.27 bits per heavy atom. The highest BCUT2D eigenvalue weighted by atomic mass is 35.6. The molecule has 0 unspecified atom stereocenters. The molecule has 1 amide bonds. The summed E-state index contributed by atoms with van der Waals surface area (Å²) in [7, 11) is 0. The van der Waals surface area contributed by atoms with Crippen molar-refractivity contribution in [1.82, 2.24) is 5.32 Å². The molecule has 0 radical (unpaired) electrons. The maximum Gasteiger partial charge on any atom is 0.262 e. The first-order chi connectivity index (χ1) is 10.4. The fraction of sp³-hybridized carbons (Fsp3) is 0.533. The van der Waals surface area contributed by atoms with Gasteiger partial charge in [-0.05, 0) is 31.9 Å². The Morgan fingerprint density at radius 1 is 1.50 bits per heavy atom. The van der Waals surface area contributed by atoms with E-state index in [-0.39, 0.29) is 12.0 Å². The van der Waals surface area contributed by atoms with Crippen LogP contribution in [0.4, 0.5) is 0 Å². The molecule has 7 heteroatoms. The number of quaternary nitrogens is 1. The Bertz CT molecular complexity index is 514. The van der Waals surface area contributed by atoms with Gasteiger partial charge in [-0.1, -0.05) is 52.5 Å². The molecular formula is C15H20Cl3N2O2+. The lowest BCUT2D eigenvalue weighted by Gasteiger charge is -2.24. The molecule has 1 aromatic rings. The average molecular weight is 367 g/mol. The van der Waals surface area contributed by atoms with E-state index in [1.54, 1.807) is 12.1 Å². The molecule has 22 heavy (non-hydrogen) atoms. The van der Waals surface area contributed by atoms with Crippen LogP contribution in [0.15, 0.2) is 24.3 Å². The normalized spacial score (nSPS) is 19.9. The highest BCUT2D eigenvalue weighted by molar-refractivity contribution is 6.68. The lowest BCUT2D eigenvalue weighted by Crippen LogP contribution is -2.97. The summed E-state index contributed by atoms with van der Waals surface area (Å²) < 4.78 is 3.95. The van der Waals surface area contributed by atoms with Crippen molar-refractivity contribution in [1.29, 1.82) is 0 Å². The van der Waals surface area contributed by atoms with Crippen LogP contribution in [0.3, 0.4) is 0 Å². The molecule has 2 rings (SSSR count). The van der Waals surface area contributed by atoms with Crippen molar-refractivity contribution in [2.75, 3.05) is 13.2 Å². The smallest absolute Gasteiger partial charge is 0.262 e. The van der Waals surface area contributed by atoms with Crippen molar-refractivity contribution in [3.8, 4) is 0 Å². The third-order valence-electron chi connectivity index (χ3n) is 3.58. The number of halogens is 3. The second-order valence-corrected chi connectivity index (χ2v) is 7.84. The molecule has 1 heterocycles. The molecule has 1 fully saturated rings. The molecule has 0 bridgehead atoms. The number of hydrogen-bond acceptors (Lipinski definition) is 2. The summed E-state index contributed by atoms with van der Waals surface area (Å²) in [6.45, 7) is 3.34. The minimum absolute atomic E-state index is 0.144. The highest BCUT2D eigenvalue weighted by Crippen LogP contribution is 2.27. The van der Waals surface area contributed by atoms with E-state index in [0.717, 1.165) is 25.0 Å². The molecule has 1 aliphatic rings. The van der Waals surface area contributed by atoms with Gasteiger partial charge in [-0.15, -0.1) is 0 Å². The second kappa shape index (κ2) is 7.84. The first-order valence-corrected chi connectivity index (χ1v) is 8.39. The third kappa shape index (κ3) is 5.28. The van der Waals surface area contributed by atoms with Crippen LogP contribution in [0.25, 0.3) is 0 Å². The van der Waals surface area contributed by atoms with E-state index < -0.39 is 9.96 Å². The quantitative estimate of drug-likeness (QED) is 0.620. The van der Waals surface area contributed by atoms with Crippen molar-refractivity contribution in [3.05, 3.63) is 35.4 Å². The largest absolute Gasteiger partial charge is 0.372 e. The number of nitrogens with one attached hydrogen (secondary N) is 1. The van der Waals surface area contributed by atoms with Gasteiger partial charge in [0.15, 0.2) is 0 Å². The summed E-state index contributed by atoms with van der Waals surface area (Å²) in [4.78, 5) is 12.3. The van der Waals surface area contributed by atoms with Crippen LogP contribution in [0.1, 0.15) is 28.8 Å². The van der Waals surface area contributed by atoms with Gasteiger partial charge in [0.25, 0.3) is 9.70 Å². The van der Waals surface area contributed by atoms with Crippen LogP contribution >= 0.6 is 34.8 Å². The lowest BCUT2D eigenvalue weighted by atomic mass is 10.1. The van der Waals surface area contributed by atoms with Gasteiger partial charge in [-0.2, -0.15) is 0 Å². The molecular weight excluding hydrogens is 347 g/mol. The zero-order chi connectivity index (χ0) is 16.2. The monoisotopic (exact) mass is 365 g/mol. The van der Waals surface area contributed by atoms with Crippen molar-refractivity contribution >= 4 is 40.7 Å². The van der Waals surface area contributed by atoms with Crippen LogP contribution in [0.2, 0.25) is 0 Å². The fourth-order valence-corrected chi connectivity index (χ4v) is 2.83. The molecule has 3 N–H and O–H groups in total. The zero-order valence-corrected chi connectivity index (χ0v) is 14.6. The van der Waals surface area contributed by atoms with Gasteiger partial charge in [0, 0.05) is 12.2 Å². The first-order valence-electron chi connectivity index (χ1n) is 7.25. The predicted molar refractivity (Wildman–Crippen MR) is 88.5 cm³/mol. The molecule has 2 atom stereocenters. The van der Waals surface area contributed by atoms with E-state index in [2.05, 4.69) is 5.32 Å². The molecule has 0 spiro atoms. The molecule has 0 aliphatic carbocycles. The van der Waals surface area contributed by atoms with E-state index in [0.29, 0.717) is 12.1 Å². The number of hydrogen-bond donors (Lipinski definition) is 2. The van der Waals surface area contributed by atoms with Crippen LogP contribution in [0, 0.1) is 6.92 Å². The van der Waals surface area contributed by atoms with Gasteiger partial charge in [0.05, 0.1) is 0 Å². The van der Waals surface area contributed by atoms with E-state index in [4.69, 9.17) is 39.5 Å². The number of aryl methyl sites for hydroxylation is 1. The van der Waals surface area contributed by atoms with E-state index in [1.165, 1.54) is 0 Å². The second-order valence-electron chi connectivity index (χ2n) is 5.47. The molecule has 1 aromatic carbocycles. The molecule has 0 saturated carbocycles. The summed E-state index contributed by atoms with van der Waals surface area (Å²) in [5.41, 5.74) is 1.55. The number of alkyl halides is 3. The van der Waals surface area contributed by atoms with Crippen LogP contribution in [-0.4, -0.2) is 35.1 Å². The van der Waals surface area contributed by atoms with Crippen LogP contribution in [-0.2, 0) is 4.74 Å². The Morgan fingerprint density at radius 3 is 2.86 bits per heavy atom. The van der Waals surface area contributed by atoms with Gasteiger partial charge in [0.1, 0.15) is 12.6 Å². The van der Waals surface area contributed by atoms with Crippen LogP contribution < -0.4 is 10.6 Å². The summed E-state index contributed by atoms with van der Waals surface area (Å²) in [5.74, 6) is -0.261. The Kier molecular flexibility index (Phi) is 6.36. The summed E-state index contributed by atoms with van der Waals surface area (Å²) >= 11 is 18.0. The van der Waals surface area contributed by atoms with Crippen molar-refractivity contribution in [2.45, 2.75) is 35.8 Å². The van der Waals surface area contributed by atoms with Gasteiger partial charge in [-0.25, -0.2) is 0 Å². The minimum Gasteiger partial charge on any atom is -0.372 e. The number of rotatable bonds is 5. The molecule has 4 nitrogen and oxygen atoms in total. The van der Waals surface area contributed by atoms with Gasteiger partial charge in [-0.3, -0.25) is 10.1 Å². The number of benzene rings is 1. The van der Waals surface area contributed by atoms with Crippen LogP contribution in [0.5, 0.6) is 0 Å². The highest BCUT2D eigenvalue weighted by Gasteiger charge is 2.38. The number of carbonyl (C=O) groups is 1. The lowest BCUT2D eigenvalue weighted by molar-refractivity contribution is -0.697. The molecule has 122 valence electrons. The Labute approximate surface area is 145 Å². The summed E-state index contributed by atoms with van der Waals surface area (Å²) in [6, 6.07) is 7.28. The maximum absolute atomic E-state index is 12.3. The first kappa shape index (κ1) is 17.8. The summed E-state index contributed by atoms with van der Waals surface area (Å²) in [5, 5.41) is 4.59. The van der Waals surface area contributed by atoms with E-state index in [1.807, 2.05) is 24.4 Å². The number of nitrogens with two attached hydrogens (primary N) is 1. The molecule has 1 saturated heterocycles. The number of ether oxygens (including phenoxy) is 1. The standard InChI is InChI=1S/C15H19Cl3N2O2/c1-10-4-2-5-11(8-10)13(21)20-14(15(16,17)18)19-9-12-6-3-7-22-12/h2,4-5,8,12,14,19H,3,6-7,9H2,1H3,(H,20,21)/p+1/t12-,14+/m0/s1. The average Bonchev–Trinajstić information content (AvgIpc) is 2.95. The number of carbonyl (C=O) groups excluding carboxylic acids is 1. The fourth-order valence-electron chi connectivity index (χ4n) is 2.40. The Hall–Kier alpha value is -0.520. The van der Waals surface area contributed by atoms with Crippen molar-refractivity contribution < 1.29 is 14.8 Å². The molecule has 0 aromatic heterocycles. The predicted octanol–water partition coefficient (Wildman–Crippen LogP) is 2.16. The van der Waals surface area contributed by atoms with E-state index in [9.17, 15) is 4.79 Å². The minimum atomic E-state index is -1.60. The molecule has 1 aliphatic heterocycles. The van der Waals surface area contributed by atoms with Crippen molar-refractivity contribution in [3.63, 3.8) is 0 Å². The van der Waals surface area contributed by atoms with Gasteiger partial charge < -0.3 is 10.1 Å². The maximum atomic E-state index is 12.3. The van der Waals surface area contributed by atoms with E-state index >= 15 is 0 Å². The number of amides is 1. The third-order valence-corrected chi connectivity index (χ3v) is 4.28. The zero-order valence-electron chi connectivity index (χ0n) is 12.3. The van der Waals surface area contributed by atoms with Crippen molar-refractivity contribution in [2.24, 2.45) is 0 Å². The Balaban J connectivity index is 1.98. The topological polar surface area (TPSA) is 54.9 Å². The van der Waals surface area contributed by atoms with Gasteiger partial charge >= 0.3 is 0 Å². The van der Waals surface area contributed by atoms with Gasteiger partial charge in [0.2, 0.25) is 6.17 Å².